The zero-order valence-electron chi connectivity index (χ0n) is 13.5. The van der Waals surface area contributed by atoms with Crippen LogP contribution in [-0.4, -0.2) is 26.1 Å². The summed E-state index contributed by atoms with van der Waals surface area (Å²) in [7, 11) is 0. The number of aromatic nitrogens is 4. The predicted molar refractivity (Wildman–Crippen MR) is 92.5 cm³/mol. The van der Waals surface area contributed by atoms with Crippen molar-refractivity contribution in [2.75, 3.05) is 6.79 Å². The van der Waals surface area contributed by atoms with E-state index in [0.717, 1.165) is 39.8 Å². The zero-order valence-corrected chi connectivity index (χ0v) is 13.5. The Morgan fingerprint density at radius 3 is 2.84 bits per heavy atom. The Balaban J connectivity index is 1.79. The van der Waals surface area contributed by atoms with E-state index in [9.17, 15) is 0 Å². The summed E-state index contributed by atoms with van der Waals surface area (Å²) in [5.74, 6) is 2.11. The summed E-state index contributed by atoms with van der Waals surface area (Å²) in [5, 5.41) is 0. The van der Waals surface area contributed by atoms with E-state index in [-0.39, 0.29) is 6.79 Å². The quantitative estimate of drug-likeness (QED) is 0.563. The lowest BCUT2D eigenvalue weighted by Gasteiger charge is -2.06. The molecule has 1 aliphatic heterocycles. The third-order valence-corrected chi connectivity index (χ3v) is 4.18. The van der Waals surface area contributed by atoms with Crippen LogP contribution in [0, 0.1) is 6.92 Å². The molecule has 0 saturated heterocycles. The van der Waals surface area contributed by atoms with Crippen LogP contribution in [0.15, 0.2) is 54.9 Å². The molecule has 0 N–H and O–H groups in total. The monoisotopic (exact) mass is 330 g/mol. The molecule has 0 spiro atoms. The van der Waals surface area contributed by atoms with Gasteiger partial charge in [-0.15, -0.1) is 0 Å². The highest BCUT2D eigenvalue weighted by Gasteiger charge is 2.20. The van der Waals surface area contributed by atoms with Crippen molar-refractivity contribution in [3.8, 4) is 34.1 Å². The number of fused-ring (bicyclic) bond motifs is 2. The average Bonchev–Trinajstić information content (AvgIpc) is 3.25. The third kappa shape index (κ3) is 2.22. The van der Waals surface area contributed by atoms with E-state index in [1.165, 1.54) is 0 Å². The molecule has 0 unspecified atom stereocenters. The van der Waals surface area contributed by atoms with Gasteiger partial charge >= 0.3 is 0 Å². The van der Waals surface area contributed by atoms with Crippen LogP contribution in [0.5, 0.6) is 11.5 Å². The fourth-order valence-corrected chi connectivity index (χ4v) is 3.05. The van der Waals surface area contributed by atoms with Gasteiger partial charge in [0.1, 0.15) is 11.4 Å². The van der Waals surface area contributed by atoms with Crippen LogP contribution in [0.1, 0.15) is 5.69 Å². The molecule has 0 atom stereocenters. The maximum Gasteiger partial charge on any atom is 0.234 e. The highest BCUT2D eigenvalue weighted by molar-refractivity contribution is 5.81. The van der Waals surface area contributed by atoms with E-state index in [4.69, 9.17) is 14.5 Å². The molecule has 0 fully saturated rings. The molecule has 0 aliphatic carbocycles. The normalized spacial score (nSPS) is 12.7. The van der Waals surface area contributed by atoms with E-state index in [0.29, 0.717) is 5.78 Å². The summed E-state index contributed by atoms with van der Waals surface area (Å²) < 4.78 is 12.9. The summed E-state index contributed by atoms with van der Waals surface area (Å²) in [6.45, 7) is 2.23. The Kier molecular flexibility index (Phi) is 2.97. The molecular weight excluding hydrogens is 316 g/mol. The first-order valence-electron chi connectivity index (χ1n) is 7.97. The number of benzene rings is 1. The smallest absolute Gasteiger partial charge is 0.234 e. The van der Waals surface area contributed by atoms with E-state index in [1.54, 1.807) is 6.20 Å². The van der Waals surface area contributed by atoms with Gasteiger partial charge in [0.25, 0.3) is 0 Å². The number of hydrogen-bond acceptors (Lipinski definition) is 5. The lowest BCUT2D eigenvalue weighted by Crippen LogP contribution is -1.94. The highest BCUT2D eigenvalue weighted by Crippen LogP contribution is 2.38. The van der Waals surface area contributed by atoms with Gasteiger partial charge in [-0.05, 0) is 43.3 Å². The number of nitrogens with zero attached hydrogens (tertiary/aromatic N) is 4. The van der Waals surface area contributed by atoms with Crippen molar-refractivity contribution < 1.29 is 9.47 Å². The van der Waals surface area contributed by atoms with Crippen molar-refractivity contribution in [1.82, 2.24) is 19.4 Å². The lowest BCUT2D eigenvalue weighted by molar-refractivity contribution is 0.174. The molecule has 5 rings (SSSR count). The molecule has 0 radical (unpaired) electrons. The second-order valence-corrected chi connectivity index (χ2v) is 5.83. The van der Waals surface area contributed by atoms with Crippen LogP contribution < -0.4 is 9.47 Å². The molecule has 0 bridgehead atoms. The van der Waals surface area contributed by atoms with Crippen LogP contribution in [0.2, 0.25) is 0 Å². The van der Waals surface area contributed by atoms with Gasteiger partial charge in [-0.1, -0.05) is 6.07 Å². The number of hydrogen-bond donors (Lipinski definition) is 0. The highest BCUT2D eigenvalue weighted by atomic mass is 16.7. The van der Waals surface area contributed by atoms with Crippen molar-refractivity contribution >= 4 is 5.78 Å². The van der Waals surface area contributed by atoms with Gasteiger partial charge in [-0.2, -0.15) is 0 Å². The minimum absolute atomic E-state index is 0.248. The molecule has 122 valence electrons. The summed E-state index contributed by atoms with van der Waals surface area (Å²) in [5.41, 5.74) is 4.47. The first-order valence-corrected chi connectivity index (χ1v) is 7.97. The Bertz CT molecular complexity index is 1100. The SMILES string of the molecule is Cc1cccc(-c2c(-c3ccc4c(c3)OCO4)nc3ncccn23)n1. The van der Waals surface area contributed by atoms with Crippen molar-refractivity contribution in [2.24, 2.45) is 0 Å². The fraction of sp³-hybridized carbons (Fsp3) is 0.105. The van der Waals surface area contributed by atoms with Crippen molar-refractivity contribution in [1.29, 1.82) is 0 Å². The summed E-state index contributed by atoms with van der Waals surface area (Å²) in [6.07, 6.45) is 3.68. The molecule has 1 aliphatic rings. The van der Waals surface area contributed by atoms with Crippen LogP contribution in [0.3, 0.4) is 0 Å². The summed E-state index contributed by atoms with van der Waals surface area (Å²) in [4.78, 5) is 13.8. The summed E-state index contributed by atoms with van der Waals surface area (Å²) in [6, 6.07) is 13.7. The van der Waals surface area contributed by atoms with Crippen molar-refractivity contribution in [2.45, 2.75) is 6.92 Å². The van der Waals surface area contributed by atoms with Gasteiger partial charge in [-0.25, -0.2) is 9.97 Å². The summed E-state index contributed by atoms with van der Waals surface area (Å²) >= 11 is 0. The molecule has 0 amide bonds. The molecule has 1 aromatic carbocycles. The van der Waals surface area contributed by atoms with Crippen LogP contribution in [0.25, 0.3) is 28.4 Å². The van der Waals surface area contributed by atoms with Gasteiger partial charge in [0.15, 0.2) is 11.5 Å². The van der Waals surface area contributed by atoms with Gasteiger partial charge in [0.2, 0.25) is 12.6 Å². The largest absolute Gasteiger partial charge is 0.454 e. The zero-order chi connectivity index (χ0) is 16.8. The minimum Gasteiger partial charge on any atom is -0.454 e. The van der Waals surface area contributed by atoms with Crippen molar-refractivity contribution in [3.05, 3.63) is 60.6 Å². The van der Waals surface area contributed by atoms with Gasteiger partial charge in [0.05, 0.1) is 5.69 Å². The van der Waals surface area contributed by atoms with E-state index < -0.39 is 0 Å². The molecule has 6 heteroatoms. The number of ether oxygens (including phenoxy) is 2. The Morgan fingerprint density at radius 2 is 1.92 bits per heavy atom. The minimum atomic E-state index is 0.248. The fourth-order valence-electron chi connectivity index (χ4n) is 3.05. The van der Waals surface area contributed by atoms with E-state index in [2.05, 4.69) is 9.97 Å². The molecular formula is C19H14N4O2. The lowest BCUT2D eigenvalue weighted by atomic mass is 10.1. The van der Waals surface area contributed by atoms with Crippen molar-refractivity contribution in [3.63, 3.8) is 0 Å². The second kappa shape index (κ2) is 5.31. The first-order chi connectivity index (χ1) is 12.3. The number of rotatable bonds is 2. The maximum atomic E-state index is 5.51. The molecule has 6 nitrogen and oxygen atoms in total. The van der Waals surface area contributed by atoms with E-state index in [1.807, 2.05) is 60.0 Å². The van der Waals surface area contributed by atoms with Crippen LogP contribution in [-0.2, 0) is 0 Å². The standard InChI is InChI=1S/C19H14N4O2/c1-12-4-2-5-14(21-12)18-17(22-19-20-8-3-9-23(18)19)13-6-7-15-16(10-13)25-11-24-15/h2-10H,11H2,1H3. The molecule has 0 saturated carbocycles. The Morgan fingerprint density at radius 1 is 1.00 bits per heavy atom. The van der Waals surface area contributed by atoms with E-state index >= 15 is 0 Å². The third-order valence-electron chi connectivity index (χ3n) is 4.18. The molecule has 4 aromatic rings. The predicted octanol–water partition coefficient (Wildman–Crippen LogP) is 3.50. The maximum absolute atomic E-state index is 5.51. The Labute approximate surface area is 143 Å². The van der Waals surface area contributed by atoms with Gasteiger partial charge in [0, 0.05) is 23.7 Å². The molecule has 25 heavy (non-hydrogen) atoms. The van der Waals surface area contributed by atoms with Crippen LogP contribution in [0.4, 0.5) is 0 Å². The Hall–Kier alpha value is -3.41. The molecule has 4 heterocycles. The average molecular weight is 330 g/mol. The number of pyridine rings is 1. The molecule has 3 aromatic heterocycles. The second-order valence-electron chi connectivity index (χ2n) is 5.83. The number of imidazole rings is 1. The number of aryl methyl sites for hydroxylation is 1. The topological polar surface area (TPSA) is 61.5 Å². The first kappa shape index (κ1) is 14.0. The van der Waals surface area contributed by atoms with Gasteiger partial charge < -0.3 is 9.47 Å². The van der Waals surface area contributed by atoms with Crippen LogP contribution >= 0.6 is 0 Å². The van der Waals surface area contributed by atoms with Gasteiger partial charge in [-0.3, -0.25) is 9.38 Å².